The Kier molecular flexibility index (Phi) is 9.37. The van der Waals surface area contributed by atoms with Crippen LogP contribution < -0.4 is 10.1 Å². The molecule has 0 aliphatic heterocycles. The minimum Gasteiger partial charge on any atom is -0.494 e. The van der Waals surface area contributed by atoms with Crippen molar-refractivity contribution in [3.8, 4) is 5.75 Å². The number of unbranched alkanes of at least 4 members (excludes halogenated alkanes) is 1. The molecule has 3 nitrogen and oxygen atoms in total. The van der Waals surface area contributed by atoms with E-state index in [4.69, 9.17) is 4.74 Å². The molecule has 0 radical (unpaired) electrons. The molecule has 0 fully saturated rings. The molecule has 0 saturated carbocycles. The number of hydrogen-bond acceptors (Lipinski definition) is 3. The van der Waals surface area contributed by atoms with Gasteiger partial charge in [-0.15, -0.1) is 0 Å². The van der Waals surface area contributed by atoms with Gasteiger partial charge in [0.05, 0.1) is 19.3 Å². The van der Waals surface area contributed by atoms with Crippen LogP contribution in [0.1, 0.15) is 63.1 Å². The van der Waals surface area contributed by atoms with Crippen molar-refractivity contribution in [2.45, 2.75) is 52.0 Å². The molecule has 2 aromatic carbocycles. The van der Waals surface area contributed by atoms with Crippen LogP contribution in [-0.2, 0) is 0 Å². The van der Waals surface area contributed by atoms with Gasteiger partial charge in [0, 0.05) is 0 Å². The third-order valence-corrected chi connectivity index (χ3v) is 5.25. The van der Waals surface area contributed by atoms with Crippen molar-refractivity contribution in [1.29, 1.82) is 0 Å². The monoisotopic (exact) mass is 369 g/mol. The van der Waals surface area contributed by atoms with Crippen molar-refractivity contribution < 1.29 is 9.84 Å². The molecule has 0 amide bonds. The first-order chi connectivity index (χ1) is 13.2. The molecule has 0 aromatic heterocycles. The summed E-state index contributed by atoms with van der Waals surface area (Å²) >= 11 is 0. The van der Waals surface area contributed by atoms with Crippen molar-refractivity contribution in [3.63, 3.8) is 0 Å². The summed E-state index contributed by atoms with van der Waals surface area (Å²) in [6, 6.07) is 18.7. The van der Waals surface area contributed by atoms with Crippen molar-refractivity contribution in [2.75, 3.05) is 19.8 Å². The summed E-state index contributed by atoms with van der Waals surface area (Å²) in [6.07, 6.45) is 3.31. The SMILES string of the molecule is CCCCOc1cccc([C@H](CC)[C@@H](C)CN[C@@H](CO)c2ccccc2)c1. The molecule has 2 N–H and O–H groups in total. The second-order valence-electron chi connectivity index (χ2n) is 7.32. The highest BCUT2D eigenvalue weighted by molar-refractivity contribution is 5.31. The number of aliphatic hydroxyl groups excluding tert-OH is 1. The van der Waals surface area contributed by atoms with Crippen LogP contribution in [0.25, 0.3) is 0 Å². The maximum atomic E-state index is 9.77. The summed E-state index contributed by atoms with van der Waals surface area (Å²) in [6.45, 7) is 8.45. The minimum atomic E-state index is -0.0186. The normalized spacial score (nSPS) is 14.5. The second kappa shape index (κ2) is 11.8. The largest absolute Gasteiger partial charge is 0.494 e. The fourth-order valence-electron chi connectivity index (χ4n) is 3.58. The Labute approximate surface area is 164 Å². The van der Waals surface area contributed by atoms with Crippen LogP contribution in [0, 0.1) is 5.92 Å². The predicted octanol–water partition coefficient (Wildman–Crippen LogP) is 5.32. The molecule has 148 valence electrons. The van der Waals surface area contributed by atoms with E-state index in [0.717, 1.165) is 43.7 Å². The summed E-state index contributed by atoms with van der Waals surface area (Å²) in [5.41, 5.74) is 2.47. The van der Waals surface area contributed by atoms with E-state index >= 15 is 0 Å². The van der Waals surface area contributed by atoms with Crippen LogP contribution in [0.4, 0.5) is 0 Å². The Balaban J connectivity index is 1.98. The average Bonchev–Trinajstić information content (AvgIpc) is 2.70. The number of aliphatic hydroxyl groups is 1. The number of hydrogen-bond donors (Lipinski definition) is 2. The Bertz CT molecular complexity index is 644. The third-order valence-electron chi connectivity index (χ3n) is 5.25. The lowest BCUT2D eigenvalue weighted by atomic mass is 9.85. The molecule has 0 aliphatic carbocycles. The van der Waals surface area contributed by atoms with Gasteiger partial charge in [0.2, 0.25) is 0 Å². The van der Waals surface area contributed by atoms with E-state index in [2.05, 4.69) is 56.4 Å². The van der Waals surface area contributed by atoms with Gasteiger partial charge in [-0.3, -0.25) is 0 Å². The lowest BCUT2D eigenvalue weighted by Crippen LogP contribution is -2.31. The lowest BCUT2D eigenvalue weighted by molar-refractivity contribution is 0.236. The van der Waals surface area contributed by atoms with Crippen molar-refractivity contribution in [1.82, 2.24) is 5.32 Å². The molecule has 0 saturated heterocycles. The topological polar surface area (TPSA) is 41.5 Å². The van der Waals surface area contributed by atoms with Crippen LogP contribution in [0.2, 0.25) is 0 Å². The third kappa shape index (κ3) is 6.67. The Hall–Kier alpha value is -1.84. The predicted molar refractivity (Wildman–Crippen MR) is 113 cm³/mol. The van der Waals surface area contributed by atoms with E-state index < -0.39 is 0 Å². The average molecular weight is 370 g/mol. The molecule has 27 heavy (non-hydrogen) atoms. The molecular formula is C24H35NO2. The highest BCUT2D eigenvalue weighted by Crippen LogP contribution is 2.30. The fraction of sp³-hybridized carbons (Fsp3) is 0.500. The summed E-state index contributed by atoms with van der Waals surface area (Å²) in [5, 5.41) is 13.3. The summed E-state index contributed by atoms with van der Waals surface area (Å²) in [5.74, 6) is 1.89. The van der Waals surface area contributed by atoms with E-state index in [9.17, 15) is 5.11 Å². The van der Waals surface area contributed by atoms with Gasteiger partial charge in [0.25, 0.3) is 0 Å². The molecule has 0 unspecified atom stereocenters. The molecule has 0 heterocycles. The van der Waals surface area contributed by atoms with Gasteiger partial charge in [-0.25, -0.2) is 0 Å². The number of nitrogens with one attached hydrogen (secondary N) is 1. The molecule has 0 bridgehead atoms. The van der Waals surface area contributed by atoms with Crippen molar-refractivity contribution in [2.24, 2.45) is 5.92 Å². The zero-order chi connectivity index (χ0) is 19.5. The lowest BCUT2D eigenvalue weighted by Gasteiger charge is -2.26. The van der Waals surface area contributed by atoms with Crippen molar-refractivity contribution >= 4 is 0 Å². The van der Waals surface area contributed by atoms with E-state index in [-0.39, 0.29) is 12.6 Å². The van der Waals surface area contributed by atoms with Gasteiger partial charge in [-0.05, 0) is 54.5 Å². The van der Waals surface area contributed by atoms with E-state index in [1.165, 1.54) is 5.56 Å². The maximum Gasteiger partial charge on any atom is 0.119 e. The Morgan fingerprint density at radius 2 is 1.74 bits per heavy atom. The molecule has 3 atom stereocenters. The number of rotatable bonds is 12. The Morgan fingerprint density at radius 1 is 1.00 bits per heavy atom. The molecule has 2 aromatic rings. The Morgan fingerprint density at radius 3 is 2.41 bits per heavy atom. The first-order valence-electron chi connectivity index (χ1n) is 10.3. The number of benzene rings is 2. The van der Waals surface area contributed by atoms with Gasteiger partial charge < -0.3 is 15.2 Å². The van der Waals surface area contributed by atoms with Gasteiger partial charge in [-0.2, -0.15) is 0 Å². The summed E-state index contributed by atoms with van der Waals surface area (Å²) in [7, 11) is 0. The van der Waals surface area contributed by atoms with E-state index in [1.54, 1.807) is 0 Å². The van der Waals surface area contributed by atoms with Crippen LogP contribution in [0.5, 0.6) is 5.75 Å². The molecule has 0 aliphatic rings. The van der Waals surface area contributed by atoms with Crippen LogP contribution in [0.3, 0.4) is 0 Å². The quantitative estimate of drug-likeness (QED) is 0.498. The molecule has 3 heteroatoms. The standard InChI is InChI=1S/C24H35NO2/c1-4-6-15-27-22-14-10-13-21(16-22)23(5-2)19(3)17-25-24(18-26)20-11-8-7-9-12-20/h7-14,16,19,23-26H,4-6,15,17-18H2,1-3H3/t19-,23+,24-/m0/s1. The van der Waals surface area contributed by atoms with E-state index in [1.807, 2.05) is 24.3 Å². The fourth-order valence-corrected chi connectivity index (χ4v) is 3.58. The summed E-state index contributed by atoms with van der Waals surface area (Å²) in [4.78, 5) is 0. The zero-order valence-corrected chi connectivity index (χ0v) is 17.0. The van der Waals surface area contributed by atoms with Crippen LogP contribution >= 0.6 is 0 Å². The highest BCUT2D eigenvalue weighted by atomic mass is 16.5. The first kappa shape index (κ1) is 21.5. The molecule has 0 spiro atoms. The minimum absolute atomic E-state index is 0.0186. The van der Waals surface area contributed by atoms with Gasteiger partial charge in [0.1, 0.15) is 5.75 Å². The number of ether oxygens (including phenoxy) is 1. The van der Waals surface area contributed by atoms with Crippen LogP contribution in [0.15, 0.2) is 54.6 Å². The molecule has 2 rings (SSSR count). The van der Waals surface area contributed by atoms with Crippen molar-refractivity contribution in [3.05, 3.63) is 65.7 Å². The highest BCUT2D eigenvalue weighted by Gasteiger charge is 2.20. The van der Waals surface area contributed by atoms with Gasteiger partial charge in [-0.1, -0.05) is 69.7 Å². The van der Waals surface area contributed by atoms with Gasteiger partial charge in [0.15, 0.2) is 0 Å². The molecular weight excluding hydrogens is 334 g/mol. The first-order valence-corrected chi connectivity index (χ1v) is 10.3. The maximum absolute atomic E-state index is 9.77. The summed E-state index contributed by atoms with van der Waals surface area (Å²) < 4.78 is 5.89. The zero-order valence-electron chi connectivity index (χ0n) is 17.0. The van der Waals surface area contributed by atoms with E-state index in [0.29, 0.717) is 11.8 Å². The van der Waals surface area contributed by atoms with Crippen LogP contribution in [-0.4, -0.2) is 24.9 Å². The second-order valence-corrected chi connectivity index (χ2v) is 7.32. The smallest absolute Gasteiger partial charge is 0.119 e. The van der Waals surface area contributed by atoms with Gasteiger partial charge >= 0.3 is 0 Å².